The molecule has 11 heavy (non-hydrogen) atoms. The van der Waals surface area contributed by atoms with Gasteiger partial charge in [0, 0.05) is 12.0 Å². The molecule has 0 aliphatic heterocycles. The van der Waals surface area contributed by atoms with Gasteiger partial charge in [0.25, 0.3) is 0 Å². The lowest BCUT2D eigenvalue weighted by molar-refractivity contribution is 0.0934. The Balaban J connectivity index is 2.85. The molecule has 0 aliphatic carbocycles. The minimum absolute atomic E-state index is 0.0437. The lowest BCUT2D eigenvalue weighted by Crippen LogP contribution is -2.07. The molecular weight excluding hydrogens is 144 g/mol. The van der Waals surface area contributed by atoms with Gasteiger partial charge in [0.1, 0.15) is 5.69 Å². The number of Topliss-reactive ketones (excluding diaryl/α,β-unsaturated/α-hetero) is 1. The van der Waals surface area contributed by atoms with Crippen LogP contribution in [0.2, 0.25) is 0 Å². The highest BCUT2D eigenvalue weighted by Gasteiger charge is 2.12. The molecule has 1 aromatic rings. The molecular formula is C7H10N2O2. The van der Waals surface area contributed by atoms with Gasteiger partial charge in [0.15, 0.2) is 5.78 Å². The first-order chi connectivity index (χ1) is 5.11. The Kier molecular flexibility index (Phi) is 1.94. The Morgan fingerprint density at radius 1 is 1.73 bits per heavy atom. The number of nitrogens with one attached hydrogen (secondary N) is 1. The Morgan fingerprint density at radius 3 is 2.73 bits per heavy atom. The van der Waals surface area contributed by atoms with Gasteiger partial charge in [-0.1, -0.05) is 13.8 Å². The molecule has 4 heteroatoms. The Bertz CT molecular complexity index is 265. The highest BCUT2D eigenvalue weighted by molar-refractivity contribution is 5.95. The Hall–Kier alpha value is -1.32. The van der Waals surface area contributed by atoms with Crippen LogP contribution < -0.4 is 0 Å². The molecule has 1 aromatic heterocycles. The lowest BCUT2D eigenvalue weighted by Gasteiger charge is -1.97. The number of aromatic nitrogens is 2. The van der Waals surface area contributed by atoms with Crippen molar-refractivity contribution in [1.29, 1.82) is 0 Å². The molecule has 0 spiro atoms. The summed E-state index contributed by atoms with van der Waals surface area (Å²) in [4.78, 5) is 11.2. The van der Waals surface area contributed by atoms with Crippen LogP contribution in [-0.4, -0.2) is 21.1 Å². The number of carbonyl (C=O) groups is 1. The minimum Gasteiger partial charge on any atom is -0.492 e. The average Bonchev–Trinajstić information content (AvgIpc) is 2.34. The van der Waals surface area contributed by atoms with Gasteiger partial charge in [0.05, 0.1) is 0 Å². The fourth-order valence-electron chi connectivity index (χ4n) is 0.748. The molecule has 2 N–H and O–H groups in total. The van der Waals surface area contributed by atoms with Gasteiger partial charge >= 0.3 is 0 Å². The van der Waals surface area contributed by atoms with Crippen molar-refractivity contribution in [2.75, 3.05) is 0 Å². The van der Waals surface area contributed by atoms with Gasteiger partial charge in [-0.15, -0.1) is 5.10 Å². The fourth-order valence-corrected chi connectivity index (χ4v) is 0.748. The standard InChI is InChI=1S/C7H10N2O2/c1-4(2)7(11)5-3-6(10)9-8-5/h3-4H,1-2H3,(H2,8,9,10). The van der Waals surface area contributed by atoms with Crippen molar-refractivity contribution in [3.8, 4) is 5.88 Å². The summed E-state index contributed by atoms with van der Waals surface area (Å²) in [6, 6.07) is 1.32. The van der Waals surface area contributed by atoms with Crippen LogP contribution in [-0.2, 0) is 0 Å². The average molecular weight is 154 g/mol. The summed E-state index contributed by atoms with van der Waals surface area (Å²) in [5.74, 6) is -0.262. The summed E-state index contributed by atoms with van der Waals surface area (Å²) in [5.41, 5.74) is 0.359. The SMILES string of the molecule is CC(C)C(=O)c1cc(O)n[nH]1. The maximum atomic E-state index is 11.2. The topological polar surface area (TPSA) is 66.0 Å². The number of hydrogen-bond acceptors (Lipinski definition) is 3. The predicted octanol–water partition coefficient (Wildman–Crippen LogP) is 0.954. The molecule has 0 aliphatic rings. The van der Waals surface area contributed by atoms with Crippen molar-refractivity contribution in [3.63, 3.8) is 0 Å². The zero-order chi connectivity index (χ0) is 8.43. The molecule has 0 saturated heterocycles. The van der Waals surface area contributed by atoms with E-state index in [9.17, 15) is 4.79 Å². The predicted molar refractivity (Wildman–Crippen MR) is 39.4 cm³/mol. The largest absolute Gasteiger partial charge is 0.492 e. The molecule has 0 atom stereocenters. The van der Waals surface area contributed by atoms with E-state index in [4.69, 9.17) is 5.11 Å². The number of aromatic amines is 1. The molecule has 0 amide bonds. The molecule has 0 fully saturated rings. The first-order valence-corrected chi connectivity index (χ1v) is 3.40. The molecule has 1 heterocycles. The van der Waals surface area contributed by atoms with E-state index in [-0.39, 0.29) is 17.6 Å². The van der Waals surface area contributed by atoms with E-state index in [2.05, 4.69) is 10.2 Å². The second-order valence-electron chi connectivity index (χ2n) is 2.66. The quantitative estimate of drug-likeness (QED) is 0.623. The van der Waals surface area contributed by atoms with Crippen molar-refractivity contribution in [2.45, 2.75) is 13.8 Å². The first kappa shape index (κ1) is 7.78. The molecule has 0 unspecified atom stereocenters. The number of rotatable bonds is 2. The summed E-state index contributed by atoms with van der Waals surface area (Å²) in [5, 5.41) is 14.7. The zero-order valence-electron chi connectivity index (χ0n) is 6.46. The zero-order valence-corrected chi connectivity index (χ0v) is 6.46. The number of H-pyrrole nitrogens is 1. The number of carbonyl (C=O) groups excluding carboxylic acids is 1. The molecule has 0 bridgehead atoms. The summed E-state index contributed by atoms with van der Waals surface area (Å²) in [6.45, 7) is 3.58. The van der Waals surface area contributed by atoms with Crippen molar-refractivity contribution in [1.82, 2.24) is 10.2 Å². The number of ketones is 1. The third-order valence-corrected chi connectivity index (χ3v) is 1.35. The highest BCUT2D eigenvalue weighted by atomic mass is 16.3. The van der Waals surface area contributed by atoms with E-state index in [0.717, 1.165) is 0 Å². The lowest BCUT2D eigenvalue weighted by atomic mass is 10.1. The maximum absolute atomic E-state index is 11.2. The highest BCUT2D eigenvalue weighted by Crippen LogP contribution is 2.09. The summed E-state index contributed by atoms with van der Waals surface area (Å²) < 4.78 is 0. The monoisotopic (exact) mass is 154 g/mol. The molecule has 1 rings (SSSR count). The Labute approximate surface area is 64.2 Å². The van der Waals surface area contributed by atoms with Crippen molar-refractivity contribution in [3.05, 3.63) is 11.8 Å². The van der Waals surface area contributed by atoms with E-state index < -0.39 is 0 Å². The Morgan fingerprint density at radius 2 is 2.36 bits per heavy atom. The van der Waals surface area contributed by atoms with Gasteiger partial charge in [-0.25, -0.2) is 0 Å². The normalized spacial score (nSPS) is 10.5. The van der Waals surface area contributed by atoms with Crippen LogP contribution in [0.5, 0.6) is 5.88 Å². The van der Waals surface area contributed by atoms with Crippen LogP contribution in [0.15, 0.2) is 6.07 Å². The van der Waals surface area contributed by atoms with E-state index in [0.29, 0.717) is 5.69 Å². The molecule has 0 aromatic carbocycles. The van der Waals surface area contributed by atoms with Crippen molar-refractivity contribution >= 4 is 5.78 Å². The van der Waals surface area contributed by atoms with Crippen LogP contribution in [0, 0.1) is 5.92 Å². The van der Waals surface area contributed by atoms with Gasteiger partial charge in [-0.2, -0.15) is 0 Å². The van der Waals surface area contributed by atoms with Crippen LogP contribution in [0.1, 0.15) is 24.3 Å². The van der Waals surface area contributed by atoms with Crippen LogP contribution in [0.25, 0.3) is 0 Å². The van der Waals surface area contributed by atoms with Crippen molar-refractivity contribution in [2.24, 2.45) is 5.92 Å². The molecule has 4 nitrogen and oxygen atoms in total. The van der Waals surface area contributed by atoms with Crippen LogP contribution in [0.3, 0.4) is 0 Å². The van der Waals surface area contributed by atoms with Gasteiger partial charge in [-0.3, -0.25) is 9.89 Å². The van der Waals surface area contributed by atoms with Crippen LogP contribution >= 0.6 is 0 Å². The molecule has 0 radical (unpaired) electrons. The summed E-state index contributed by atoms with van der Waals surface area (Å²) in [7, 11) is 0. The van der Waals surface area contributed by atoms with E-state index in [1.165, 1.54) is 6.07 Å². The first-order valence-electron chi connectivity index (χ1n) is 3.40. The third kappa shape index (κ3) is 1.58. The van der Waals surface area contributed by atoms with Gasteiger partial charge < -0.3 is 5.11 Å². The van der Waals surface area contributed by atoms with Crippen molar-refractivity contribution < 1.29 is 9.90 Å². The summed E-state index contributed by atoms with van der Waals surface area (Å²) in [6.07, 6.45) is 0. The number of aromatic hydroxyl groups is 1. The van der Waals surface area contributed by atoms with Gasteiger partial charge in [-0.05, 0) is 0 Å². The number of nitrogens with zero attached hydrogens (tertiary/aromatic N) is 1. The van der Waals surface area contributed by atoms with Crippen LogP contribution in [0.4, 0.5) is 0 Å². The van der Waals surface area contributed by atoms with E-state index in [1.807, 2.05) is 0 Å². The number of hydrogen-bond donors (Lipinski definition) is 2. The van der Waals surface area contributed by atoms with E-state index in [1.54, 1.807) is 13.8 Å². The second-order valence-corrected chi connectivity index (χ2v) is 2.66. The summed E-state index contributed by atoms with van der Waals surface area (Å²) >= 11 is 0. The second kappa shape index (κ2) is 2.74. The smallest absolute Gasteiger partial charge is 0.230 e. The minimum atomic E-state index is -0.144. The fraction of sp³-hybridized carbons (Fsp3) is 0.429. The maximum Gasteiger partial charge on any atom is 0.230 e. The molecule has 60 valence electrons. The molecule has 0 saturated carbocycles. The van der Waals surface area contributed by atoms with Gasteiger partial charge in [0.2, 0.25) is 5.88 Å². The third-order valence-electron chi connectivity index (χ3n) is 1.35. The van der Waals surface area contributed by atoms with E-state index >= 15 is 0 Å².